The van der Waals surface area contributed by atoms with E-state index in [9.17, 15) is 0 Å². The molecule has 0 fully saturated rings. The summed E-state index contributed by atoms with van der Waals surface area (Å²) in [6, 6.07) is 16.3. The van der Waals surface area contributed by atoms with Gasteiger partial charge in [0.05, 0.1) is 0 Å². The molecule has 0 spiro atoms. The molecule has 0 bridgehead atoms. The number of hydrogen-bond acceptors (Lipinski definition) is 3. The van der Waals surface area contributed by atoms with Crippen LogP contribution in [0, 0.1) is 0 Å². The van der Waals surface area contributed by atoms with E-state index in [4.69, 9.17) is 14.7 Å². The Morgan fingerprint density at radius 2 is 1.12 bits per heavy atom. The molecule has 0 radical (unpaired) electrons. The maximum absolute atomic E-state index is 9.10. The Labute approximate surface area is 94.2 Å². The summed E-state index contributed by atoms with van der Waals surface area (Å²) in [7, 11) is -4.16. The fourth-order valence-corrected chi connectivity index (χ4v) is 2.13. The van der Waals surface area contributed by atoms with Crippen molar-refractivity contribution < 1.29 is 14.7 Å². The fourth-order valence-electron chi connectivity index (χ4n) is 1.52. The summed E-state index contributed by atoms with van der Waals surface area (Å²) >= 11 is 0. The standard InChI is InChI=1S/C12H13O3P/c13-16(14,15)12-8-6-11(7-9-12)10-4-2-1-3-5-10/h1-9,13-16H. The van der Waals surface area contributed by atoms with Gasteiger partial charge < -0.3 is 0 Å². The second-order valence-corrected chi connectivity index (χ2v) is 5.43. The summed E-state index contributed by atoms with van der Waals surface area (Å²) in [5.74, 6) is 0. The first-order chi connectivity index (χ1) is 7.57. The van der Waals surface area contributed by atoms with E-state index in [-0.39, 0.29) is 5.30 Å². The molecule has 2 aromatic rings. The molecule has 0 saturated heterocycles. The Hall–Kier alpha value is -1.25. The normalized spacial score (nSPS) is 12.4. The molecule has 3 N–H and O–H groups in total. The van der Waals surface area contributed by atoms with Crippen LogP contribution in [-0.2, 0) is 0 Å². The molecule has 0 aromatic heterocycles. The molecule has 0 aliphatic carbocycles. The van der Waals surface area contributed by atoms with Gasteiger partial charge in [0.2, 0.25) is 0 Å². The summed E-state index contributed by atoms with van der Waals surface area (Å²) in [6.07, 6.45) is 0. The van der Waals surface area contributed by atoms with Crippen LogP contribution in [0.2, 0.25) is 0 Å². The second-order valence-electron chi connectivity index (χ2n) is 3.58. The summed E-state index contributed by atoms with van der Waals surface area (Å²) in [4.78, 5) is 27.3. The fraction of sp³-hybridized carbons (Fsp3) is 0. The van der Waals surface area contributed by atoms with Crippen molar-refractivity contribution in [2.24, 2.45) is 0 Å². The summed E-state index contributed by atoms with van der Waals surface area (Å²) in [5, 5.41) is 0.187. The predicted octanol–water partition coefficient (Wildman–Crippen LogP) is 1.45. The molecule has 2 aromatic carbocycles. The van der Waals surface area contributed by atoms with E-state index in [1.807, 2.05) is 30.3 Å². The SMILES string of the molecule is O[PH](O)(O)c1ccc(-c2ccccc2)cc1. The van der Waals surface area contributed by atoms with Crippen molar-refractivity contribution in [3.05, 3.63) is 54.6 Å². The molecule has 0 unspecified atom stereocenters. The maximum atomic E-state index is 9.10. The number of hydrogen-bond donors (Lipinski definition) is 3. The third-order valence-electron chi connectivity index (χ3n) is 2.38. The zero-order chi connectivity index (χ0) is 11.6. The monoisotopic (exact) mass is 236 g/mol. The average molecular weight is 236 g/mol. The van der Waals surface area contributed by atoms with Crippen molar-refractivity contribution in [1.29, 1.82) is 0 Å². The van der Waals surface area contributed by atoms with E-state index in [2.05, 4.69) is 0 Å². The van der Waals surface area contributed by atoms with Crippen LogP contribution in [0.4, 0.5) is 0 Å². The van der Waals surface area contributed by atoms with Gasteiger partial charge >= 0.3 is 93.7 Å². The molecule has 0 saturated carbocycles. The van der Waals surface area contributed by atoms with Crippen LogP contribution in [0.15, 0.2) is 54.6 Å². The van der Waals surface area contributed by atoms with Crippen LogP contribution in [0.25, 0.3) is 11.1 Å². The van der Waals surface area contributed by atoms with E-state index >= 15 is 0 Å². The van der Waals surface area contributed by atoms with E-state index < -0.39 is 7.94 Å². The van der Waals surface area contributed by atoms with Gasteiger partial charge in [-0.15, -0.1) is 0 Å². The zero-order valence-corrected chi connectivity index (χ0v) is 9.54. The first kappa shape index (κ1) is 11.2. The van der Waals surface area contributed by atoms with Gasteiger partial charge in [-0.25, -0.2) is 0 Å². The van der Waals surface area contributed by atoms with Gasteiger partial charge in [-0.05, 0) is 0 Å². The summed E-state index contributed by atoms with van der Waals surface area (Å²) < 4.78 is 0. The minimum atomic E-state index is -4.16. The third kappa shape index (κ3) is 2.46. The third-order valence-corrected chi connectivity index (χ3v) is 3.49. The van der Waals surface area contributed by atoms with Crippen LogP contribution in [0.5, 0.6) is 0 Å². The first-order valence-corrected chi connectivity index (χ1v) is 6.74. The molecule has 16 heavy (non-hydrogen) atoms. The van der Waals surface area contributed by atoms with E-state index in [1.54, 1.807) is 12.1 Å². The molecular formula is C12H13O3P. The average Bonchev–Trinajstić information content (AvgIpc) is 2.29. The molecule has 0 aliphatic rings. The molecule has 0 atom stereocenters. The Morgan fingerprint density at radius 1 is 0.625 bits per heavy atom. The topological polar surface area (TPSA) is 60.7 Å². The van der Waals surface area contributed by atoms with Crippen LogP contribution in [-0.4, -0.2) is 14.7 Å². The molecular weight excluding hydrogens is 223 g/mol. The van der Waals surface area contributed by atoms with Gasteiger partial charge in [0.1, 0.15) is 0 Å². The van der Waals surface area contributed by atoms with Crippen molar-refractivity contribution in [3.63, 3.8) is 0 Å². The van der Waals surface area contributed by atoms with Crippen molar-refractivity contribution >= 4 is 13.2 Å². The van der Waals surface area contributed by atoms with E-state index in [0.717, 1.165) is 11.1 Å². The van der Waals surface area contributed by atoms with Crippen molar-refractivity contribution in [3.8, 4) is 11.1 Å². The molecule has 4 heteroatoms. The summed E-state index contributed by atoms with van der Waals surface area (Å²) in [5.41, 5.74) is 2.03. The van der Waals surface area contributed by atoms with Crippen LogP contribution < -0.4 is 5.30 Å². The first-order valence-electron chi connectivity index (χ1n) is 4.90. The molecule has 0 aliphatic heterocycles. The van der Waals surface area contributed by atoms with E-state index in [1.165, 1.54) is 12.1 Å². The molecule has 0 amide bonds. The Balaban J connectivity index is 2.34. The zero-order valence-electron chi connectivity index (χ0n) is 8.54. The van der Waals surface area contributed by atoms with Gasteiger partial charge in [0.25, 0.3) is 0 Å². The summed E-state index contributed by atoms with van der Waals surface area (Å²) in [6.45, 7) is 0. The number of benzene rings is 2. The Morgan fingerprint density at radius 3 is 1.62 bits per heavy atom. The van der Waals surface area contributed by atoms with Gasteiger partial charge in [0, 0.05) is 0 Å². The van der Waals surface area contributed by atoms with Gasteiger partial charge in [-0.1, -0.05) is 0 Å². The van der Waals surface area contributed by atoms with Gasteiger partial charge in [-0.2, -0.15) is 0 Å². The Kier molecular flexibility index (Phi) is 3.03. The molecule has 2 rings (SSSR count). The molecule has 3 nitrogen and oxygen atoms in total. The Bertz CT molecular complexity index is 460. The number of rotatable bonds is 2. The quantitative estimate of drug-likeness (QED) is 0.692. The van der Waals surface area contributed by atoms with Crippen molar-refractivity contribution in [1.82, 2.24) is 0 Å². The van der Waals surface area contributed by atoms with Crippen LogP contribution in [0.1, 0.15) is 0 Å². The predicted molar refractivity (Wildman–Crippen MR) is 66.5 cm³/mol. The molecule has 0 heterocycles. The molecule has 84 valence electrons. The second kappa shape index (κ2) is 4.32. The van der Waals surface area contributed by atoms with Crippen LogP contribution in [0.3, 0.4) is 0 Å². The van der Waals surface area contributed by atoms with Crippen molar-refractivity contribution in [2.45, 2.75) is 0 Å². The van der Waals surface area contributed by atoms with Gasteiger partial charge in [-0.3, -0.25) is 0 Å². The van der Waals surface area contributed by atoms with Crippen molar-refractivity contribution in [2.75, 3.05) is 0 Å². The minimum absolute atomic E-state index is 0.187. The van der Waals surface area contributed by atoms with E-state index in [0.29, 0.717) is 0 Å². The van der Waals surface area contributed by atoms with Crippen LogP contribution >= 0.6 is 7.94 Å². The van der Waals surface area contributed by atoms with Gasteiger partial charge in [0.15, 0.2) is 0 Å².